The molecule has 27 heavy (non-hydrogen) atoms. The Morgan fingerprint density at radius 1 is 1.11 bits per heavy atom. The Bertz CT molecular complexity index is 904. The first-order chi connectivity index (χ1) is 13.1. The monoisotopic (exact) mass is 399 g/mol. The van der Waals surface area contributed by atoms with Crippen LogP contribution in [0.1, 0.15) is 19.5 Å². The van der Waals surface area contributed by atoms with Crippen molar-refractivity contribution in [2.24, 2.45) is 0 Å². The van der Waals surface area contributed by atoms with E-state index in [2.05, 4.69) is 29.0 Å². The SMILES string of the molecule is CCN(CC)c1ccc(NC(=O)Cc2csc(-c3ccccc3Cl)n2)cc1. The number of carbonyl (C=O) groups excluding carboxylic acids is 1. The number of hydrogen-bond acceptors (Lipinski definition) is 4. The summed E-state index contributed by atoms with van der Waals surface area (Å²) in [7, 11) is 0. The number of amides is 1. The van der Waals surface area contributed by atoms with E-state index in [4.69, 9.17) is 11.6 Å². The van der Waals surface area contributed by atoms with Crippen molar-refractivity contribution in [1.82, 2.24) is 4.98 Å². The van der Waals surface area contributed by atoms with Gasteiger partial charge in [-0.25, -0.2) is 4.98 Å². The number of anilines is 2. The van der Waals surface area contributed by atoms with E-state index < -0.39 is 0 Å². The van der Waals surface area contributed by atoms with Crippen LogP contribution >= 0.6 is 22.9 Å². The summed E-state index contributed by atoms with van der Waals surface area (Å²) in [5.41, 5.74) is 3.58. The standard InChI is InChI=1S/C21H22ClN3OS/c1-3-25(4-2)17-11-9-15(10-12-17)23-20(26)13-16-14-27-21(24-16)18-7-5-6-8-19(18)22/h5-12,14H,3-4,13H2,1-2H3,(H,23,26). The molecular weight excluding hydrogens is 378 g/mol. The molecule has 0 aliphatic rings. The fourth-order valence-corrected chi connectivity index (χ4v) is 4.00. The zero-order valence-corrected chi connectivity index (χ0v) is 17.0. The predicted molar refractivity (Wildman–Crippen MR) is 115 cm³/mol. The fourth-order valence-electron chi connectivity index (χ4n) is 2.86. The normalized spacial score (nSPS) is 10.6. The average molecular weight is 400 g/mol. The van der Waals surface area contributed by atoms with Crippen LogP contribution in [0.3, 0.4) is 0 Å². The topological polar surface area (TPSA) is 45.2 Å². The van der Waals surface area contributed by atoms with Crippen LogP contribution < -0.4 is 10.2 Å². The average Bonchev–Trinajstić information content (AvgIpc) is 3.12. The van der Waals surface area contributed by atoms with Crippen LogP contribution in [0.25, 0.3) is 10.6 Å². The van der Waals surface area contributed by atoms with Crippen molar-refractivity contribution in [3.05, 3.63) is 64.6 Å². The second kappa shape index (κ2) is 9.02. The van der Waals surface area contributed by atoms with Crippen LogP contribution in [0.15, 0.2) is 53.9 Å². The first-order valence-corrected chi connectivity index (χ1v) is 10.2. The summed E-state index contributed by atoms with van der Waals surface area (Å²) in [5, 5.41) is 6.33. The molecule has 0 atom stereocenters. The van der Waals surface area contributed by atoms with Crippen LogP contribution in [0.5, 0.6) is 0 Å². The lowest BCUT2D eigenvalue weighted by Crippen LogP contribution is -2.21. The lowest BCUT2D eigenvalue weighted by Gasteiger charge is -2.21. The van der Waals surface area contributed by atoms with Crippen LogP contribution in [0.2, 0.25) is 5.02 Å². The number of benzene rings is 2. The lowest BCUT2D eigenvalue weighted by atomic mass is 10.2. The van der Waals surface area contributed by atoms with Gasteiger partial charge in [-0.05, 0) is 44.2 Å². The van der Waals surface area contributed by atoms with Crippen LogP contribution in [-0.4, -0.2) is 24.0 Å². The van der Waals surface area contributed by atoms with E-state index in [1.807, 2.05) is 53.9 Å². The summed E-state index contributed by atoms with van der Waals surface area (Å²) in [4.78, 5) is 19.2. The van der Waals surface area contributed by atoms with E-state index >= 15 is 0 Å². The second-order valence-electron chi connectivity index (χ2n) is 6.07. The van der Waals surface area contributed by atoms with E-state index in [0.717, 1.165) is 40.7 Å². The summed E-state index contributed by atoms with van der Waals surface area (Å²) in [5.74, 6) is -0.0819. The maximum absolute atomic E-state index is 12.3. The van der Waals surface area contributed by atoms with Gasteiger partial charge in [-0.15, -0.1) is 11.3 Å². The molecule has 0 unspecified atom stereocenters. The summed E-state index contributed by atoms with van der Waals surface area (Å²) in [6, 6.07) is 15.5. The quantitative estimate of drug-likeness (QED) is 0.571. The summed E-state index contributed by atoms with van der Waals surface area (Å²) >= 11 is 7.72. The molecule has 0 fully saturated rings. The highest BCUT2D eigenvalue weighted by atomic mass is 35.5. The smallest absolute Gasteiger partial charge is 0.230 e. The maximum Gasteiger partial charge on any atom is 0.230 e. The van der Waals surface area contributed by atoms with Crippen molar-refractivity contribution in [2.75, 3.05) is 23.3 Å². The molecular formula is C21H22ClN3OS. The van der Waals surface area contributed by atoms with Gasteiger partial charge < -0.3 is 10.2 Å². The fraction of sp³-hybridized carbons (Fsp3) is 0.238. The van der Waals surface area contributed by atoms with Crippen molar-refractivity contribution in [2.45, 2.75) is 20.3 Å². The Kier molecular flexibility index (Phi) is 6.48. The number of halogens is 1. The molecule has 0 radical (unpaired) electrons. The van der Waals surface area contributed by atoms with Gasteiger partial charge in [0.15, 0.2) is 0 Å². The van der Waals surface area contributed by atoms with Gasteiger partial charge in [0.25, 0.3) is 0 Å². The second-order valence-corrected chi connectivity index (χ2v) is 7.33. The summed E-state index contributed by atoms with van der Waals surface area (Å²) in [6.45, 7) is 6.17. The number of nitrogens with zero attached hydrogens (tertiary/aromatic N) is 2. The molecule has 0 aliphatic heterocycles. The Hall–Kier alpha value is -2.37. The van der Waals surface area contributed by atoms with Crippen molar-refractivity contribution < 1.29 is 4.79 Å². The molecule has 0 aliphatic carbocycles. The third-order valence-electron chi connectivity index (χ3n) is 4.28. The van der Waals surface area contributed by atoms with Crippen LogP contribution in [0.4, 0.5) is 11.4 Å². The maximum atomic E-state index is 12.3. The zero-order valence-electron chi connectivity index (χ0n) is 15.4. The van der Waals surface area contributed by atoms with Gasteiger partial charge in [0, 0.05) is 35.4 Å². The molecule has 1 heterocycles. The summed E-state index contributed by atoms with van der Waals surface area (Å²) in [6.07, 6.45) is 0.235. The molecule has 0 saturated carbocycles. The largest absolute Gasteiger partial charge is 0.372 e. The van der Waals surface area contributed by atoms with Gasteiger partial charge >= 0.3 is 0 Å². The Labute approximate surface area is 168 Å². The molecule has 1 N–H and O–H groups in total. The molecule has 1 amide bonds. The Balaban J connectivity index is 1.62. The molecule has 1 aromatic heterocycles. The van der Waals surface area contributed by atoms with E-state index in [0.29, 0.717) is 5.02 Å². The summed E-state index contributed by atoms with van der Waals surface area (Å²) < 4.78 is 0. The molecule has 6 heteroatoms. The van der Waals surface area contributed by atoms with E-state index in [1.165, 1.54) is 11.3 Å². The number of hydrogen-bond donors (Lipinski definition) is 1. The van der Waals surface area contributed by atoms with Crippen LogP contribution in [-0.2, 0) is 11.2 Å². The highest BCUT2D eigenvalue weighted by molar-refractivity contribution is 7.13. The van der Waals surface area contributed by atoms with Crippen molar-refractivity contribution in [3.8, 4) is 10.6 Å². The molecule has 0 bridgehead atoms. The predicted octanol–water partition coefficient (Wildman–Crippen LogP) is 5.49. The Morgan fingerprint density at radius 3 is 2.48 bits per heavy atom. The molecule has 4 nitrogen and oxygen atoms in total. The number of thiazole rings is 1. The lowest BCUT2D eigenvalue weighted by molar-refractivity contribution is -0.115. The first-order valence-electron chi connectivity index (χ1n) is 8.94. The molecule has 3 rings (SSSR count). The van der Waals surface area contributed by atoms with Crippen molar-refractivity contribution in [3.63, 3.8) is 0 Å². The third-order valence-corrected chi connectivity index (χ3v) is 5.53. The minimum absolute atomic E-state index is 0.0819. The highest BCUT2D eigenvalue weighted by Crippen LogP contribution is 2.30. The molecule has 0 spiro atoms. The van der Waals surface area contributed by atoms with Crippen LogP contribution in [0, 0.1) is 0 Å². The van der Waals surface area contributed by atoms with Crippen molar-refractivity contribution in [1.29, 1.82) is 0 Å². The van der Waals surface area contributed by atoms with Gasteiger partial charge in [-0.2, -0.15) is 0 Å². The Morgan fingerprint density at radius 2 is 1.81 bits per heavy atom. The number of nitrogens with one attached hydrogen (secondary N) is 1. The van der Waals surface area contributed by atoms with Gasteiger partial charge in [-0.1, -0.05) is 29.8 Å². The van der Waals surface area contributed by atoms with Gasteiger partial charge in [0.2, 0.25) is 5.91 Å². The zero-order chi connectivity index (χ0) is 19.2. The minimum atomic E-state index is -0.0819. The van der Waals surface area contributed by atoms with E-state index in [1.54, 1.807) is 0 Å². The van der Waals surface area contributed by atoms with Gasteiger partial charge in [0.1, 0.15) is 5.01 Å². The van der Waals surface area contributed by atoms with E-state index in [-0.39, 0.29) is 12.3 Å². The highest BCUT2D eigenvalue weighted by Gasteiger charge is 2.11. The molecule has 2 aromatic carbocycles. The molecule has 0 saturated heterocycles. The van der Waals surface area contributed by atoms with Crippen molar-refractivity contribution >= 4 is 40.2 Å². The minimum Gasteiger partial charge on any atom is -0.372 e. The van der Waals surface area contributed by atoms with Gasteiger partial charge in [-0.3, -0.25) is 4.79 Å². The first kappa shape index (κ1) is 19.4. The molecule has 140 valence electrons. The number of carbonyl (C=O) groups is 1. The third kappa shape index (κ3) is 4.87. The number of rotatable bonds is 7. The van der Waals surface area contributed by atoms with E-state index in [9.17, 15) is 4.79 Å². The number of aromatic nitrogens is 1. The van der Waals surface area contributed by atoms with Gasteiger partial charge in [0.05, 0.1) is 17.1 Å². The molecule has 3 aromatic rings.